The van der Waals surface area contributed by atoms with Gasteiger partial charge in [0, 0.05) is 29.2 Å². The van der Waals surface area contributed by atoms with Crippen LogP contribution >= 0.6 is 11.3 Å². The number of ether oxygens (including phenoxy) is 2. The fourth-order valence-corrected chi connectivity index (χ4v) is 3.42. The van der Waals surface area contributed by atoms with Crippen molar-refractivity contribution in [1.82, 2.24) is 4.98 Å². The molecule has 0 atom stereocenters. The summed E-state index contributed by atoms with van der Waals surface area (Å²) >= 11 is 1.31. The first-order valence-electron chi connectivity index (χ1n) is 8.67. The maximum Gasteiger partial charge on any atom is 0.269 e. The van der Waals surface area contributed by atoms with Gasteiger partial charge in [-0.2, -0.15) is 0 Å². The van der Waals surface area contributed by atoms with Crippen molar-refractivity contribution in [2.75, 3.05) is 18.5 Å². The molecule has 0 saturated heterocycles. The normalized spacial score (nSPS) is 12.7. The number of non-ortho nitro benzene ring substituents is 1. The van der Waals surface area contributed by atoms with Crippen molar-refractivity contribution in [2.45, 2.75) is 0 Å². The van der Waals surface area contributed by atoms with E-state index in [4.69, 9.17) is 9.47 Å². The molecule has 1 aromatic heterocycles. The summed E-state index contributed by atoms with van der Waals surface area (Å²) in [6.07, 6.45) is 2.93. The van der Waals surface area contributed by atoms with Crippen LogP contribution in [0.3, 0.4) is 0 Å². The molecule has 2 aromatic carbocycles. The van der Waals surface area contributed by atoms with E-state index in [1.165, 1.54) is 29.5 Å². The van der Waals surface area contributed by atoms with Crippen LogP contribution in [0, 0.1) is 10.1 Å². The molecule has 0 aliphatic carbocycles. The molecule has 2 heterocycles. The number of nitro benzene ring substituents is 1. The lowest BCUT2D eigenvalue weighted by atomic mass is 10.1. The Kier molecular flexibility index (Phi) is 5.21. The minimum absolute atomic E-state index is 0.000979. The number of hydrogen-bond acceptors (Lipinski definition) is 7. The number of rotatable bonds is 5. The van der Waals surface area contributed by atoms with Crippen LogP contribution < -0.4 is 14.8 Å². The van der Waals surface area contributed by atoms with Gasteiger partial charge in [0.2, 0.25) is 5.91 Å². The van der Waals surface area contributed by atoms with Crippen molar-refractivity contribution in [1.29, 1.82) is 0 Å². The smallest absolute Gasteiger partial charge is 0.269 e. The van der Waals surface area contributed by atoms with Crippen molar-refractivity contribution in [3.63, 3.8) is 0 Å². The number of anilines is 1. The number of carbonyl (C=O) groups excluding carboxylic acids is 1. The fourth-order valence-electron chi connectivity index (χ4n) is 2.69. The van der Waals surface area contributed by atoms with Crippen LogP contribution in [0.25, 0.3) is 17.3 Å². The number of aromatic nitrogens is 1. The highest BCUT2D eigenvalue weighted by Crippen LogP contribution is 2.35. The van der Waals surface area contributed by atoms with Crippen LogP contribution in [0.5, 0.6) is 11.5 Å². The van der Waals surface area contributed by atoms with E-state index < -0.39 is 4.92 Å². The van der Waals surface area contributed by atoms with Crippen LogP contribution in [0.1, 0.15) is 5.56 Å². The molecule has 1 aliphatic rings. The fraction of sp³-hybridized carbons (Fsp3) is 0.100. The second-order valence-electron chi connectivity index (χ2n) is 6.07. The van der Waals surface area contributed by atoms with Gasteiger partial charge < -0.3 is 9.47 Å². The van der Waals surface area contributed by atoms with Gasteiger partial charge in [-0.1, -0.05) is 0 Å². The van der Waals surface area contributed by atoms with Crippen molar-refractivity contribution >= 4 is 34.1 Å². The highest BCUT2D eigenvalue weighted by molar-refractivity contribution is 7.14. The monoisotopic (exact) mass is 409 g/mol. The number of carbonyl (C=O) groups is 1. The van der Waals surface area contributed by atoms with Gasteiger partial charge >= 0.3 is 0 Å². The Morgan fingerprint density at radius 2 is 1.90 bits per heavy atom. The Morgan fingerprint density at radius 3 is 2.66 bits per heavy atom. The van der Waals surface area contributed by atoms with E-state index in [9.17, 15) is 14.9 Å². The molecule has 3 aromatic rings. The molecular formula is C20H15N3O5S. The third-order valence-electron chi connectivity index (χ3n) is 4.10. The van der Waals surface area contributed by atoms with Gasteiger partial charge in [-0.25, -0.2) is 4.98 Å². The summed E-state index contributed by atoms with van der Waals surface area (Å²) < 4.78 is 11.1. The van der Waals surface area contributed by atoms with Crippen LogP contribution in [0.15, 0.2) is 53.9 Å². The Bertz CT molecular complexity index is 1090. The SMILES string of the molecule is O=C(C=Cc1ccc([N+](=O)[O-])cc1)Nc1nc(-c2ccc3c(c2)OCCO3)cs1. The molecule has 0 unspecified atom stereocenters. The van der Waals surface area contributed by atoms with Crippen LogP contribution in [-0.2, 0) is 4.79 Å². The van der Waals surface area contributed by atoms with Gasteiger partial charge in [0.1, 0.15) is 13.2 Å². The zero-order chi connectivity index (χ0) is 20.2. The second kappa shape index (κ2) is 8.11. The van der Waals surface area contributed by atoms with Crippen molar-refractivity contribution < 1.29 is 19.2 Å². The number of nitrogens with one attached hydrogen (secondary N) is 1. The van der Waals surface area contributed by atoms with Crippen LogP contribution in [0.2, 0.25) is 0 Å². The molecular weight excluding hydrogens is 394 g/mol. The Labute approximate surface area is 169 Å². The van der Waals surface area contributed by atoms with E-state index in [-0.39, 0.29) is 11.6 Å². The molecule has 146 valence electrons. The topological polar surface area (TPSA) is 104 Å². The van der Waals surface area contributed by atoms with Gasteiger partial charge in [0.05, 0.1) is 10.6 Å². The molecule has 1 N–H and O–H groups in total. The maximum atomic E-state index is 12.1. The molecule has 0 radical (unpaired) electrons. The molecule has 29 heavy (non-hydrogen) atoms. The summed E-state index contributed by atoms with van der Waals surface area (Å²) in [6.45, 7) is 1.04. The number of nitro groups is 1. The molecule has 1 aliphatic heterocycles. The number of fused-ring (bicyclic) bond motifs is 1. The van der Waals surface area contributed by atoms with E-state index in [0.29, 0.717) is 35.4 Å². The van der Waals surface area contributed by atoms with Gasteiger partial charge in [-0.3, -0.25) is 20.2 Å². The minimum Gasteiger partial charge on any atom is -0.486 e. The molecule has 0 saturated carbocycles. The number of benzene rings is 2. The van der Waals surface area contributed by atoms with Crippen molar-refractivity contribution in [3.05, 3.63) is 69.6 Å². The summed E-state index contributed by atoms with van der Waals surface area (Å²) in [5.41, 5.74) is 2.27. The average Bonchev–Trinajstić information content (AvgIpc) is 3.20. The van der Waals surface area contributed by atoms with Gasteiger partial charge in [-0.05, 0) is 42.0 Å². The number of amides is 1. The lowest BCUT2D eigenvalue weighted by molar-refractivity contribution is -0.384. The first-order chi connectivity index (χ1) is 14.1. The summed E-state index contributed by atoms with van der Waals surface area (Å²) in [5.74, 6) is 1.05. The molecule has 9 heteroatoms. The van der Waals surface area contributed by atoms with Crippen molar-refractivity contribution in [3.8, 4) is 22.8 Å². The van der Waals surface area contributed by atoms with E-state index in [0.717, 1.165) is 11.3 Å². The Hall–Kier alpha value is -3.72. The Morgan fingerprint density at radius 1 is 1.14 bits per heavy atom. The number of hydrogen-bond donors (Lipinski definition) is 1. The molecule has 0 bridgehead atoms. The van der Waals surface area contributed by atoms with E-state index in [1.807, 2.05) is 23.6 Å². The molecule has 8 nitrogen and oxygen atoms in total. The zero-order valence-electron chi connectivity index (χ0n) is 15.0. The largest absolute Gasteiger partial charge is 0.486 e. The first kappa shape index (κ1) is 18.6. The first-order valence-corrected chi connectivity index (χ1v) is 9.55. The second-order valence-corrected chi connectivity index (χ2v) is 6.93. The average molecular weight is 409 g/mol. The summed E-state index contributed by atoms with van der Waals surface area (Å²) in [4.78, 5) is 26.7. The van der Waals surface area contributed by atoms with Gasteiger partial charge in [0.15, 0.2) is 16.6 Å². The van der Waals surface area contributed by atoms with Gasteiger partial charge in [-0.15, -0.1) is 11.3 Å². The summed E-state index contributed by atoms with van der Waals surface area (Å²) in [7, 11) is 0. The Balaban J connectivity index is 1.41. The van der Waals surface area contributed by atoms with E-state index in [2.05, 4.69) is 10.3 Å². The molecule has 0 fully saturated rings. The highest BCUT2D eigenvalue weighted by atomic mass is 32.1. The number of nitrogens with zero attached hydrogens (tertiary/aromatic N) is 2. The summed E-state index contributed by atoms with van der Waals surface area (Å²) in [5, 5.41) is 15.7. The number of thiazole rings is 1. The van der Waals surface area contributed by atoms with Crippen molar-refractivity contribution in [2.24, 2.45) is 0 Å². The third-order valence-corrected chi connectivity index (χ3v) is 4.86. The lowest BCUT2D eigenvalue weighted by Crippen LogP contribution is -2.15. The molecule has 0 spiro atoms. The third kappa shape index (κ3) is 4.41. The lowest BCUT2D eigenvalue weighted by Gasteiger charge is -2.18. The van der Waals surface area contributed by atoms with Crippen LogP contribution in [-0.4, -0.2) is 29.0 Å². The standard InChI is InChI=1S/C20H15N3O5S/c24-19(8-3-13-1-5-15(6-2-13)23(25)26)22-20-21-16(12-29-20)14-4-7-17-18(11-14)28-10-9-27-17/h1-8,11-12H,9-10H2,(H,21,22,24). The van der Waals surface area contributed by atoms with E-state index >= 15 is 0 Å². The minimum atomic E-state index is -0.470. The van der Waals surface area contributed by atoms with Crippen LogP contribution in [0.4, 0.5) is 10.8 Å². The zero-order valence-corrected chi connectivity index (χ0v) is 15.8. The van der Waals surface area contributed by atoms with E-state index in [1.54, 1.807) is 18.2 Å². The predicted molar refractivity (Wildman–Crippen MR) is 109 cm³/mol. The molecule has 4 rings (SSSR count). The van der Waals surface area contributed by atoms with Gasteiger partial charge in [0.25, 0.3) is 5.69 Å². The maximum absolute atomic E-state index is 12.1. The quantitative estimate of drug-likeness (QED) is 0.386. The summed E-state index contributed by atoms with van der Waals surface area (Å²) in [6, 6.07) is 11.5. The highest BCUT2D eigenvalue weighted by Gasteiger charge is 2.14. The molecule has 1 amide bonds. The predicted octanol–water partition coefficient (Wildman–Crippen LogP) is 4.14.